The van der Waals surface area contributed by atoms with Crippen molar-refractivity contribution in [2.24, 2.45) is 0 Å². The predicted molar refractivity (Wildman–Crippen MR) is 75.7 cm³/mol. The molecular formula is C15H21NO4. The number of rotatable bonds is 4. The van der Waals surface area contributed by atoms with Gasteiger partial charge < -0.3 is 15.5 Å². The first kappa shape index (κ1) is 16.2. The van der Waals surface area contributed by atoms with Gasteiger partial charge in [-0.25, -0.2) is 4.79 Å². The van der Waals surface area contributed by atoms with Crippen LogP contribution in [0.5, 0.6) is 0 Å². The Morgan fingerprint density at radius 1 is 1.15 bits per heavy atom. The maximum atomic E-state index is 11.9. The summed E-state index contributed by atoms with van der Waals surface area (Å²) in [6.07, 6.45) is -1.16. The molecule has 20 heavy (non-hydrogen) atoms. The summed E-state index contributed by atoms with van der Waals surface area (Å²) in [7, 11) is 0. The van der Waals surface area contributed by atoms with Crippen LogP contribution in [0.15, 0.2) is 24.3 Å². The van der Waals surface area contributed by atoms with E-state index in [1.807, 2.05) is 12.1 Å². The monoisotopic (exact) mass is 279 g/mol. The van der Waals surface area contributed by atoms with Gasteiger partial charge in [0, 0.05) is 5.56 Å². The molecule has 0 aliphatic rings. The number of benzene rings is 1. The fourth-order valence-corrected chi connectivity index (χ4v) is 1.73. The number of aliphatic hydroxyl groups is 1. The number of amides is 1. The van der Waals surface area contributed by atoms with Crippen molar-refractivity contribution in [1.82, 2.24) is 5.32 Å². The lowest BCUT2D eigenvalue weighted by Gasteiger charge is -2.20. The predicted octanol–water partition coefficient (Wildman–Crippen LogP) is 1.55. The minimum Gasteiger partial charge on any atom is -0.480 e. The van der Waals surface area contributed by atoms with Gasteiger partial charge in [-0.2, -0.15) is 0 Å². The van der Waals surface area contributed by atoms with Gasteiger partial charge in [-0.1, -0.05) is 32.9 Å². The summed E-state index contributed by atoms with van der Waals surface area (Å²) in [5.74, 6) is -1.78. The van der Waals surface area contributed by atoms with Crippen molar-refractivity contribution in [3.63, 3.8) is 0 Å². The van der Waals surface area contributed by atoms with E-state index in [0.29, 0.717) is 5.56 Å². The molecule has 0 bridgehead atoms. The minimum absolute atomic E-state index is 0.0157. The lowest BCUT2D eigenvalue weighted by Crippen LogP contribution is -2.47. The minimum atomic E-state index is -1.32. The lowest BCUT2D eigenvalue weighted by atomic mass is 9.86. The number of aliphatic hydroxyl groups excluding tert-OH is 1. The highest BCUT2D eigenvalue weighted by Crippen LogP contribution is 2.22. The first-order valence-electron chi connectivity index (χ1n) is 6.45. The average Bonchev–Trinajstić information content (AvgIpc) is 2.34. The number of carboxylic acid groups (broad SMARTS) is 1. The molecule has 3 N–H and O–H groups in total. The summed E-state index contributed by atoms with van der Waals surface area (Å²) in [6, 6.07) is 5.67. The first-order chi connectivity index (χ1) is 9.12. The third-order valence-electron chi connectivity index (χ3n) is 3.05. The van der Waals surface area contributed by atoms with Gasteiger partial charge in [0.15, 0.2) is 6.04 Å². The van der Waals surface area contributed by atoms with Crippen molar-refractivity contribution in [3.8, 4) is 0 Å². The van der Waals surface area contributed by atoms with E-state index >= 15 is 0 Å². The third kappa shape index (κ3) is 4.06. The normalized spacial score (nSPS) is 14.4. The van der Waals surface area contributed by atoms with Crippen molar-refractivity contribution in [2.45, 2.75) is 45.3 Å². The van der Waals surface area contributed by atoms with Crippen LogP contribution in [0.1, 0.15) is 43.6 Å². The van der Waals surface area contributed by atoms with Gasteiger partial charge in [-0.05, 0) is 30.0 Å². The molecule has 0 saturated heterocycles. The van der Waals surface area contributed by atoms with E-state index in [1.54, 1.807) is 12.1 Å². The molecule has 1 aromatic carbocycles. The van der Waals surface area contributed by atoms with E-state index in [2.05, 4.69) is 26.1 Å². The van der Waals surface area contributed by atoms with E-state index in [9.17, 15) is 14.7 Å². The number of carbonyl (C=O) groups excluding carboxylic acids is 1. The maximum Gasteiger partial charge on any atom is 0.328 e. The Bertz CT molecular complexity index is 486. The summed E-state index contributed by atoms with van der Waals surface area (Å²) in [6.45, 7) is 7.52. The second kappa shape index (κ2) is 6.05. The van der Waals surface area contributed by atoms with Crippen molar-refractivity contribution in [2.75, 3.05) is 0 Å². The number of carbonyl (C=O) groups is 2. The molecule has 1 aromatic rings. The maximum absolute atomic E-state index is 11.9. The number of aliphatic carboxylic acids is 1. The summed E-state index contributed by atoms with van der Waals surface area (Å²) in [5.41, 5.74) is 1.43. The molecule has 0 aliphatic carbocycles. The molecule has 2 atom stereocenters. The molecule has 5 heteroatoms. The SMILES string of the molecule is C[C@@H](O)[C@H](NC(=O)c1ccc(C(C)(C)C)cc1)C(=O)O. The zero-order valence-electron chi connectivity index (χ0n) is 12.2. The second-order valence-corrected chi connectivity index (χ2v) is 5.86. The topological polar surface area (TPSA) is 86.6 Å². The third-order valence-corrected chi connectivity index (χ3v) is 3.05. The van der Waals surface area contributed by atoms with Gasteiger partial charge in [0.25, 0.3) is 5.91 Å². The fraction of sp³-hybridized carbons (Fsp3) is 0.467. The van der Waals surface area contributed by atoms with Crippen LogP contribution in [0.4, 0.5) is 0 Å². The van der Waals surface area contributed by atoms with Gasteiger partial charge in [0.1, 0.15) is 0 Å². The summed E-state index contributed by atoms with van der Waals surface area (Å²) in [5, 5.41) is 20.6. The molecule has 0 fully saturated rings. The Kier molecular flexibility index (Phi) is 4.89. The quantitative estimate of drug-likeness (QED) is 0.780. The lowest BCUT2D eigenvalue weighted by molar-refractivity contribution is -0.141. The molecular weight excluding hydrogens is 258 g/mol. The van der Waals surface area contributed by atoms with Crippen LogP contribution in [0.2, 0.25) is 0 Å². The molecule has 1 rings (SSSR count). The average molecular weight is 279 g/mol. The number of hydrogen-bond acceptors (Lipinski definition) is 3. The van der Waals surface area contributed by atoms with Crippen LogP contribution in [-0.4, -0.2) is 34.2 Å². The van der Waals surface area contributed by atoms with Crippen LogP contribution >= 0.6 is 0 Å². The van der Waals surface area contributed by atoms with Crippen molar-refractivity contribution in [1.29, 1.82) is 0 Å². The highest BCUT2D eigenvalue weighted by molar-refractivity contribution is 5.96. The highest BCUT2D eigenvalue weighted by Gasteiger charge is 2.25. The Hall–Kier alpha value is -1.88. The van der Waals surface area contributed by atoms with Crippen molar-refractivity contribution >= 4 is 11.9 Å². The Labute approximate surface area is 118 Å². The zero-order valence-corrected chi connectivity index (χ0v) is 12.2. The van der Waals surface area contributed by atoms with Gasteiger partial charge in [0.05, 0.1) is 6.10 Å². The Balaban J connectivity index is 2.85. The highest BCUT2D eigenvalue weighted by atomic mass is 16.4. The van der Waals surface area contributed by atoms with E-state index in [-0.39, 0.29) is 5.41 Å². The van der Waals surface area contributed by atoms with E-state index < -0.39 is 24.0 Å². The van der Waals surface area contributed by atoms with Crippen LogP contribution in [0.25, 0.3) is 0 Å². The summed E-state index contributed by atoms with van der Waals surface area (Å²) in [4.78, 5) is 22.9. The Morgan fingerprint density at radius 3 is 2.00 bits per heavy atom. The van der Waals surface area contributed by atoms with Gasteiger partial charge in [-0.3, -0.25) is 4.79 Å². The fourth-order valence-electron chi connectivity index (χ4n) is 1.73. The van der Waals surface area contributed by atoms with E-state index in [1.165, 1.54) is 6.92 Å². The number of hydrogen-bond donors (Lipinski definition) is 3. The molecule has 0 saturated carbocycles. The van der Waals surface area contributed by atoms with Crippen LogP contribution in [-0.2, 0) is 10.2 Å². The van der Waals surface area contributed by atoms with E-state index in [4.69, 9.17) is 5.11 Å². The van der Waals surface area contributed by atoms with Crippen LogP contribution in [0, 0.1) is 0 Å². The summed E-state index contributed by atoms with van der Waals surface area (Å²) < 4.78 is 0. The van der Waals surface area contributed by atoms with E-state index in [0.717, 1.165) is 5.56 Å². The molecule has 0 aliphatic heterocycles. The van der Waals surface area contributed by atoms with Crippen molar-refractivity contribution in [3.05, 3.63) is 35.4 Å². The molecule has 0 radical (unpaired) electrons. The molecule has 0 spiro atoms. The standard InChI is InChI=1S/C15H21NO4/c1-9(17)12(14(19)20)16-13(18)10-5-7-11(8-6-10)15(2,3)4/h5-9,12,17H,1-4H3,(H,16,18)(H,19,20)/t9-,12+/m1/s1. The molecule has 110 valence electrons. The smallest absolute Gasteiger partial charge is 0.328 e. The molecule has 0 unspecified atom stereocenters. The van der Waals surface area contributed by atoms with Gasteiger partial charge >= 0.3 is 5.97 Å². The number of nitrogens with one attached hydrogen (secondary N) is 1. The Morgan fingerprint density at radius 2 is 1.65 bits per heavy atom. The second-order valence-electron chi connectivity index (χ2n) is 5.86. The summed E-state index contributed by atoms with van der Waals surface area (Å²) >= 11 is 0. The largest absolute Gasteiger partial charge is 0.480 e. The number of carboxylic acids is 1. The van der Waals surface area contributed by atoms with Crippen molar-refractivity contribution < 1.29 is 19.8 Å². The van der Waals surface area contributed by atoms with Crippen LogP contribution in [0.3, 0.4) is 0 Å². The van der Waals surface area contributed by atoms with Gasteiger partial charge in [0.2, 0.25) is 0 Å². The molecule has 5 nitrogen and oxygen atoms in total. The molecule has 1 amide bonds. The molecule has 0 aromatic heterocycles. The zero-order chi connectivity index (χ0) is 15.5. The van der Waals surface area contributed by atoms with Gasteiger partial charge in [-0.15, -0.1) is 0 Å². The van der Waals surface area contributed by atoms with Crippen LogP contribution < -0.4 is 5.32 Å². The first-order valence-corrected chi connectivity index (χ1v) is 6.45. The molecule has 0 heterocycles.